The lowest BCUT2D eigenvalue weighted by molar-refractivity contribution is 0.0526. The van der Waals surface area contributed by atoms with E-state index in [1.54, 1.807) is 19.1 Å². The van der Waals surface area contributed by atoms with Gasteiger partial charge in [-0.2, -0.15) is 0 Å². The number of rotatable bonds is 3. The fourth-order valence-electron chi connectivity index (χ4n) is 1.14. The zero-order valence-corrected chi connectivity index (χ0v) is 15.0. The number of carbonyl (C=O) groups is 1. The van der Waals surface area contributed by atoms with Gasteiger partial charge in [0.2, 0.25) is 0 Å². The van der Waals surface area contributed by atoms with Crippen molar-refractivity contribution >= 4 is 5.97 Å². The van der Waals surface area contributed by atoms with Gasteiger partial charge in [0, 0.05) is 6.04 Å². The van der Waals surface area contributed by atoms with Gasteiger partial charge in [0.1, 0.15) is 0 Å². The Balaban J connectivity index is 0. The molecule has 0 aliphatic heterocycles. The van der Waals surface area contributed by atoms with Gasteiger partial charge in [0.15, 0.2) is 0 Å². The highest BCUT2D eigenvalue weighted by atomic mass is 16.5. The Bertz CT molecular complexity index is 369. The summed E-state index contributed by atoms with van der Waals surface area (Å²) in [5.74, 6) is -0.288. The quantitative estimate of drug-likeness (QED) is 0.802. The Labute approximate surface area is 130 Å². The zero-order chi connectivity index (χ0) is 17.1. The minimum Gasteiger partial charge on any atom is -0.462 e. The first-order valence-corrected chi connectivity index (χ1v) is 7.67. The molecule has 0 amide bonds. The molecule has 0 bridgehead atoms. The normalized spacial score (nSPS) is 11.3. The van der Waals surface area contributed by atoms with Gasteiger partial charge in [-0.15, -0.1) is 0 Å². The summed E-state index contributed by atoms with van der Waals surface area (Å²) in [5, 5.41) is 0. The van der Waals surface area contributed by atoms with Crippen LogP contribution in [0.2, 0.25) is 0 Å². The van der Waals surface area contributed by atoms with Crippen LogP contribution in [-0.2, 0) is 4.74 Å². The van der Waals surface area contributed by atoms with Crippen molar-refractivity contribution < 1.29 is 9.53 Å². The molecule has 0 spiro atoms. The summed E-state index contributed by atoms with van der Waals surface area (Å²) in [6.07, 6.45) is 0. The highest BCUT2D eigenvalue weighted by molar-refractivity contribution is 5.89. The third-order valence-corrected chi connectivity index (χ3v) is 1.95. The predicted molar refractivity (Wildman–Crippen MR) is 91.5 cm³/mol. The van der Waals surface area contributed by atoms with Crippen molar-refractivity contribution in [1.82, 2.24) is 0 Å². The van der Waals surface area contributed by atoms with Crippen molar-refractivity contribution in [2.75, 3.05) is 6.61 Å². The molecule has 3 nitrogen and oxygen atoms in total. The predicted octanol–water partition coefficient (Wildman–Crippen LogP) is 4.96. The second kappa shape index (κ2) is 11.3. The van der Waals surface area contributed by atoms with Crippen molar-refractivity contribution in [1.29, 1.82) is 0 Å². The number of nitrogens with two attached hydrogens (primary N) is 1. The smallest absolute Gasteiger partial charge is 0.338 e. The fraction of sp³-hybridized carbons (Fsp3) is 0.611. The van der Waals surface area contributed by atoms with Crippen molar-refractivity contribution in [3.05, 3.63) is 35.4 Å². The van der Waals surface area contributed by atoms with Crippen molar-refractivity contribution in [3.63, 3.8) is 0 Å². The molecule has 1 atom stereocenters. The maximum atomic E-state index is 11.3. The molecule has 1 aromatic rings. The number of esters is 1. The van der Waals surface area contributed by atoms with E-state index in [0.717, 1.165) is 5.56 Å². The highest BCUT2D eigenvalue weighted by Crippen LogP contribution is 2.11. The summed E-state index contributed by atoms with van der Waals surface area (Å²) in [4.78, 5) is 11.3. The first-order valence-electron chi connectivity index (χ1n) is 7.67. The first-order chi connectivity index (χ1) is 9.65. The maximum Gasteiger partial charge on any atom is 0.338 e. The minimum atomic E-state index is -0.288. The van der Waals surface area contributed by atoms with Gasteiger partial charge in [-0.1, -0.05) is 53.7 Å². The van der Waals surface area contributed by atoms with Gasteiger partial charge in [-0.05, 0) is 37.0 Å². The molecule has 0 aliphatic rings. The standard InChI is InChI=1S/C11H15NO2.C5H12.C2H6/c1-3-14-11(13)10-6-4-9(5-7-10)8(2)12;1-5(2,3)4;1-2/h4-8H,3,12H2,1-2H3;1-4H3;1-2H3. The van der Waals surface area contributed by atoms with Crippen LogP contribution < -0.4 is 5.73 Å². The first kappa shape index (κ1) is 21.9. The second-order valence-corrected chi connectivity index (χ2v) is 6.13. The van der Waals surface area contributed by atoms with Crippen LogP contribution in [0.1, 0.15) is 77.4 Å². The van der Waals surface area contributed by atoms with Crippen molar-refractivity contribution in [2.45, 2.75) is 61.4 Å². The summed E-state index contributed by atoms with van der Waals surface area (Å²) in [6.45, 7) is 16.8. The maximum absolute atomic E-state index is 11.3. The van der Waals surface area contributed by atoms with E-state index in [0.29, 0.717) is 17.6 Å². The molecule has 0 fully saturated rings. The number of benzene rings is 1. The topological polar surface area (TPSA) is 52.3 Å². The van der Waals surface area contributed by atoms with Crippen molar-refractivity contribution in [2.24, 2.45) is 11.1 Å². The molecule has 1 unspecified atom stereocenters. The monoisotopic (exact) mass is 295 g/mol. The Morgan fingerprint density at radius 2 is 1.52 bits per heavy atom. The fourth-order valence-corrected chi connectivity index (χ4v) is 1.14. The summed E-state index contributed by atoms with van der Waals surface area (Å²) < 4.78 is 4.86. The highest BCUT2D eigenvalue weighted by Gasteiger charge is 2.06. The van der Waals surface area contributed by atoms with E-state index in [2.05, 4.69) is 27.7 Å². The van der Waals surface area contributed by atoms with Crippen LogP contribution in [0.25, 0.3) is 0 Å². The van der Waals surface area contributed by atoms with E-state index < -0.39 is 0 Å². The van der Waals surface area contributed by atoms with Crippen molar-refractivity contribution in [3.8, 4) is 0 Å². The summed E-state index contributed by atoms with van der Waals surface area (Å²) in [7, 11) is 0. The average molecular weight is 295 g/mol. The van der Waals surface area contributed by atoms with Gasteiger partial charge < -0.3 is 10.5 Å². The molecular formula is C18H33NO2. The molecular weight excluding hydrogens is 262 g/mol. The molecule has 21 heavy (non-hydrogen) atoms. The third-order valence-electron chi connectivity index (χ3n) is 1.95. The van der Waals surface area contributed by atoms with Crippen LogP contribution in [0.4, 0.5) is 0 Å². The van der Waals surface area contributed by atoms with E-state index in [1.807, 2.05) is 32.9 Å². The molecule has 0 radical (unpaired) electrons. The molecule has 0 heterocycles. The number of hydrogen-bond donors (Lipinski definition) is 1. The largest absolute Gasteiger partial charge is 0.462 e. The zero-order valence-electron chi connectivity index (χ0n) is 15.0. The Kier molecular flexibility index (Phi) is 11.8. The van der Waals surface area contributed by atoms with E-state index in [4.69, 9.17) is 10.5 Å². The van der Waals surface area contributed by atoms with Gasteiger partial charge in [-0.3, -0.25) is 0 Å². The molecule has 1 rings (SSSR count). The molecule has 1 aromatic carbocycles. The number of hydrogen-bond acceptors (Lipinski definition) is 3. The van der Waals surface area contributed by atoms with E-state index in [9.17, 15) is 4.79 Å². The van der Waals surface area contributed by atoms with E-state index in [1.165, 1.54) is 0 Å². The molecule has 0 aliphatic carbocycles. The summed E-state index contributed by atoms with van der Waals surface area (Å²) in [6, 6.07) is 7.15. The van der Waals surface area contributed by atoms with Crippen LogP contribution >= 0.6 is 0 Å². The Hall–Kier alpha value is -1.35. The third kappa shape index (κ3) is 13.4. The summed E-state index contributed by atoms with van der Waals surface area (Å²) >= 11 is 0. The van der Waals surface area contributed by atoms with Gasteiger partial charge in [0.05, 0.1) is 12.2 Å². The van der Waals surface area contributed by atoms with Gasteiger partial charge >= 0.3 is 5.97 Å². The summed E-state index contributed by atoms with van der Waals surface area (Å²) in [5.41, 5.74) is 7.76. The Morgan fingerprint density at radius 3 is 1.81 bits per heavy atom. The van der Waals surface area contributed by atoms with Crippen LogP contribution in [-0.4, -0.2) is 12.6 Å². The molecule has 3 heteroatoms. The Morgan fingerprint density at radius 1 is 1.14 bits per heavy atom. The van der Waals surface area contributed by atoms with Crippen LogP contribution in [0.3, 0.4) is 0 Å². The lowest BCUT2D eigenvalue weighted by Gasteiger charge is -2.06. The second-order valence-electron chi connectivity index (χ2n) is 6.13. The van der Waals surface area contributed by atoms with Gasteiger partial charge in [-0.25, -0.2) is 4.79 Å². The molecule has 0 aromatic heterocycles. The van der Waals surface area contributed by atoms with E-state index >= 15 is 0 Å². The number of carbonyl (C=O) groups excluding carboxylic acids is 1. The SMILES string of the molecule is CC.CC(C)(C)C.CCOC(=O)c1ccc(C(C)N)cc1. The lowest BCUT2D eigenvalue weighted by atomic mass is 10.0. The molecule has 122 valence electrons. The van der Waals surface area contributed by atoms with Crippen LogP contribution in [0, 0.1) is 5.41 Å². The molecule has 2 N–H and O–H groups in total. The van der Waals surface area contributed by atoms with E-state index in [-0.39, 0.29) is 12.0 Å². The van der Waals surface area contributed by atoms with Crippen LogP contribution in [0.15, 0.2) is 24.3 Å². The average Bonchev–Trinajstić information content (AvgIpc) is 2.39. The molecule has 0 saturated carbocycles. The van der Waals surface area contributed by atoms with Gasteiger partial charge in [0.25, 0.3) is 0 Å². The minimum absolute atomic E-state index is 0.00811. The number of ether oxygens (including phenoxy) is 1. The lowest BCUT2D eigenvalue weighted by Crippen LogP contribution is -2.07. The molecule has 0 saturated heterocycles. The van der Waals surface area contributed by atoms with Crippen LogP contribution in [0.5, 0.6) is 0 Å².